The number of carbonyl (C=O) groups excluding carboxylic acids is 2. The largest absolute Gasteiger partial charge is 0.464 e. The third-order valence-electron chi connectivity index (χ3n) is 3.34. The molecule has 0 aliphatic carbocycles. The van der Waals surface area contributed by atoms with Crippen molar-refractivity contribution in [2.24, 2.45) is 0 Å². The number of para-hydroxylation sites is 1. The monoisotopic (exact) mass is 316 g/mol. The van der Waals surface area contributed by atoms with Gasteiger partial charge in [0.15, 0.2) is 0 Å². The number of ether oxygens (including phenoxy) is 1. The molecule has 22 heavy (non-hydrogen) atoms. The van der Waals surface area contributed by atoms with Crippen LogP contribution in [0.15, 0.2) is 24.3 Å². The van der Waals surface area contributed by atoms with Crippen molar-refractivity contribution in [2.75, 3.05) is 25.5 Å². The van der Waals surface area contributed by atoms with E-state index in [1.54, 1.807) is 7.05 Å². The molecule has 0 saturated carbocycles. The van der Waals surface area contributed by atoms with Gasteiger partial charge in [-0.25, -0.2) is 0 Å². The molecule has 1 N–H and O–H groups in total. The van der Waals surface area contributed by atoms with Crippen LogP contribution in [0, 0.1) is 0 Å². The third-order valence-corrected chi connectivity index (χ3v) is 3.34. The Morgan fingerprint density at radius 1 is 1.41 bits per heavy atom. The van der Waals surface area contributed by atoms with Crippen LogP contribution in [0.5, 0.6) is 0 Å². The summed E-state index contributed by atoms with van der Waals surface area (Å²) in [7, 11) is 1.55. The van der Waals surface area contributed by atoms with Crippen molar-refractivity contribution in [1.82, 2.24) is 4.90 Å². The number of hydrogen-bond donors (Lipinski definition) is 1. The van der Waals surface area contributed by atoms with Crippen LogP contribution >= 0.6 is 0 Å². The first-order valence-corrected chi connectivity index (χ1v) is 6.62. The van der Waals surface area contributed by atoms with Crippen LogP contribution in [0.2, 0.25) is 0 Å². The average Bonchev–Trinajstić information content (AvgIpc) is 2.84. The fourth-order valence-corrected chi connectivity index (χ4v) is 2.25. The first kappa shape index (κ1) is 16.3. The quantitative estimate of drug-likeness (QED) is 0.862. The van der Waals surface area contributed by atoms with Gasteiger partial charge in [0, 0.05) is 6.42 Å². The van der Waals surface area contributed by atoms with E-state index in [1.807, 2.05) is 0 Å². The predicted molar refractivity (Wildman–Crippen MR) is 72.1 cm³/mol. The van der Waals surface area contributed by atoms with E-state index >= 15 is 0 Å². The summed E-state index contributed by atoms with van der Waals surface area (Å²) in [4.78, 5) is 24.7. The van der Waals surface area contributed by atoms with Crippen LogP contribution in [0.25, 0.3) is 0 Å². The SMILES string of the molecule is CN(CC(=O)Nc1ccccc1C(F)(F)F)[C@H]1CCOC1=O. The maximum absolute atomic E-state index is 12.8. The Balaban J connectivity index is 2.02. The van der Waals surface area contributed by atoms with Crippen LogP contribution in [0.4, 0.5) is 18.9 Å². The first-order valence-electron chi connectivity index (χ1n) is 6.62. The molecule has 5 nitrogen and oxygen atoms in total. The van der Waals surface area contributed by atoms with Crippen LogP contribution < -0.4 is 5.32 Å². The number of likely N-dealkylation sites (N-methyl/N-ethyl adjacent to an activating group) is 1. The van der Waals surface area contributed by atoms with E-state index in [0.717, 1.165) is 6.07 Å². The van der Waals surface area contributed by atoms with Crippen molar-refractivity contribution < 1.29 is 27.5 Å². The fraction of sp³-hybridized carbons (Fsp3) is 0.429. The minimum Gasteiger partial charge on any atom is -0.464 e. The molecular formula is C14H15F3N2O3. The summed E-state index contributed by atoms with van der Waals surface area (Å²) < 4.78 is 43.3. The van der Waals surface area contributed by atoms with Gasteiger partial charge >= 0.3 is 12.1 Å². The maximum Gasteiger partial charge on any atom is 0.418 e. The summed E-state index contributed by atoms with van der Waals surface area (Å²) in [6.45, 7) is 0.0817. The van der Waals surface area contributed by atoms with Gasteiger partial charge in [-0.1, -0.05) is 12.1 Å². The first-order chi connectivity index (χ1) is 10.3. The number of anilines is 1. The molecule has 0 aromatic heterocycles. The van der Waals surface area contributed by atoms with Crippen LogP contribution in [-0.2, 0) is 20.5 Å². The number of hydrogen-bond acceptors (Lipinski definition) is 4. The summed E-state index contributed by atoms with van der Waals surface area (Å²) in [6.07, 6.45) is -4.09. The fourth-order valence-electron chi connectivity index (χ4n) is 2.25. The van der Waals surface area contributed by atoms with Gasteiger partial charge in [0.05, 0.1) is 24.4 Å². The molecule has 1 aromatic carbocycles. The lowest BCUT2D eigenvalue weighted by Crippen LogP contribution is -2.40. The zero-order chi connectivity index (χ0) is 16.3. The number of nitrogens with one attached hydrogen (secondary N) is 1. The number of benzene rings is 1. The average molecular weight is 316 g/mol. The highest BCUT2D eigenvalue weighted by Gasteiger charge is 2.34. The van der Waals surface area contributed by atoms with Crippen LogP contribution in [0.3, 0.4) is 0 Å². The Morgan fingerprint density at radius 3 is 2.68 bits per heavy atom. The molecule has 0 bridgehead atoms. The van der Waals surface area contributed by atoms with Gasteiger partial charge < -0.3 is 10.1 Å². The number of rotatable bonds is 4. The van der Waals surface area contributed by atoms with Crippen LogP contribution in [-0.4, -0.2) is 43.0 Å². The van der Waals surface area contributed by atoms with E-state index in [9.17, 15) is 22.8 Å². The highest BCUT2D eigenvalue weighted by atomic mass is 19.4. The number of nitrogens with zero attached hydrogens (tertiary/aromatic N) is 1. The Bertz CT molecular complexity index is 575. The maximum atomic E-state index is 12.8. The second kappa shape index (κ2) is 6.35. The van der Waals surface area contributed by atoms with Crippen molar-refractivity contribution in [3.8, 4) is 0 Å². The Labute approximate surface area is 125 Å². The Kier molecular flexibility index (Phi) is 4.70. The van der Waals surface area contributed by atoms with E-state index in [-0.39, 0.29) is 18.8 Å². The van der Waals surface area contributed by atoms with Crippen molar-refractivity contribution in [2.45, 2.75) is 18.6 Å². The third kappa shape index (κ3) is 3.76. The Hall–Kier alpha value is -2.09. The van der Waals surface area contributed by atoms with E-state index in [1.165, 1.54) is 23.1 Å². The number of alkyl halides is 3. The van der Waals surface area contributed by atoms with Gasteiger partial charge in [-0.15, -0.1) is 0 Å². The summed E-state index contributed by atoms with van der Waals surface area (Å²) in [5.41, 5.74) is -1.21. The molecule has 1 heterocycles. The zero-order valence-electron chi connectivity index (χ0n) is 11.8. The van der Waals surface area contributed by atoms with Gasteiger partial charge in [-0.05, 0) is 19.2 Å². The summed E-state index contributed by atoms with van der Waals surface area (Å²) >= 11 is 0. The number of amides is 1. The van der Waals surface area contributed by atoms with Gasteiger partial charge in [0.1, 0.15) is 6.04 Å². The number of cyclic esters (lactones) is 1. The molecule has 0 radical (unpaired) electrons. The molecule has 2 rings (SSSR count). The molecule has 0 spiro atoms. The lowest BCUT2D eigenvalue weighted by molar-refractivity contribution is -0.142. The molecule has 120 valence electrons. The highest BCUT2D eigenvalue weighted by Crippen LogP contribution is 2.34. The van der Waals surface area contributed by atoms with Crippen molar-refractivity contribution >= 4 is 17.6 Å². The van der Waals surface area contributed by atoms with Gasteiger partial charge in [-0.2, -0.15) is 13.2 Å². The molecule has 1 aliphatic rings. The van der Waals surface area contributed by atoms with Crippen molar-refractivity contribution in [1.29, 1.82) is 0 Å². The normalized spacial score (nSPS) is 18.4. The van der Waals surface area contributed by atoms with Gasteiger partial charge in [-0.3, -0.25) is 14.5 Å². The van der Waals surface area contributed by atoms with E-state index in [2.05, 4.69) is 5.32 Å². The van der Waals surface area contributed by atoms with Crippen LogP contribution in [0.1, 0.15) is 12.0 Å². The molecule has 1 amide bonds. The zero-order valence-corrected chi connectivity index (χ0v) is 11.8. The van der Waals surface area contributed by atoms with Gasteiger partial charge in [0.25, 0.3) is 0 Å². The van der Waals surface area contributed by atoms with Crippen molar-refractivity contribution in [3.05, 3.63) is 29.8 Å². The van der Waals surface area contributed by atoms with E-state index in [4.69, 9.17) is 4.74 Å². The Morgan fingerprint density at radius 2 is 2.09 bits per heavy atom. The lowest BCUT2D eigenvalue weighted by atomic mass is 10.1. The van der Waals surface area contributed by atoms with Crippen molar-refractivity contribution in [3.63, 3.8) is 0 Å². The second-order valence-corrected chi connectivity index (χ2v) is 4.98. The molecule has 8 heteroatoms. The molecule has 1 saturated heterocycles. The second-order valence-electron chi connectivity index (χ2n) is 4.98. The molecule has 1 atom stereocenters. The number of esters is 1. The summed E-state index contributed by atoms with van der Waals surface area (Å²) in [6, 6.07) is 4.20. The smallest absolute Gasteiger partial charge is 0.418 e. The molecule has 1 aromatic rings. The predicted octanol–water partition coefficient (Wildman–Crippen LogP) is 1.89. The summed E-state index contributed by atoms with van der Waals surface area (Å²) in [5, 5.41) is 2.23. The topological polar surface area (TPSA) is 58.6 Å². The molecule has 1 aliphatic heterocycles. The molecular weight excluding hydrogens is 301 g/mol. The highest BCUT2D eigenvalue weighted by molar-refractivity contribution is 5.93. The lowest BCUT2D eigenvalue weighted by Gasteiger charge is -2.21. The minimum atomic E-state index is -4.55. The number of halogens is 3. The standard InChI is InChI=1S/C14H15F3N2O3/c1-19(11-6-7-22-13(11)21)8-12(20)18-10-5-3-2-4-9(10)14(15,16)17/h2-5,11H,6-8H2,1H3,(H,18,20)/t11-/m0/s1. The molecule has 0 unspecified atom stereocenters. The number of carbonyl (C=O) groups is 2. The van der Waals surface area contributed by atoms with E-state index in [0.29, 0.717) is 6.42 Å². The van der Waals surface area contributed by atoms with Gasteiger partial charge in [0.2, 0.25) is 5.91 Å². The molecule has 1 fully saturated rings. The minimum absolute atomic E-state index is 0.202. The summed E-state index contributed by atoms with van der Waals surface area (Å²) in [5.74, 6) is -1.05. The van der Waals surface area contributed by atoms with E-state index < -0.39 is 29.7 Å².